The zero-order chi connectivity index (χ0) is 13.7. The molecule has 0 radical (unpaired) electrons. The van der Waals surface area contributed by atoms with E-state index in [2.05, 4.69) is 68.6 Å². The smallest absolute Gasteiger partial charge is 0.0575 e. The van der Waals surface area contributed by atoms with Crippen LogP contribution in [0.3, 0.4) is 0 Å². The molecule has 0 saturated carbocycles. The quantitative estimate of drug-likeness (QED) is 0.671. The minimum absolute atomic E-state index is 0.535. The van der Waals surface area contributed by atoms with E-state index in [1.165, 1.54) is 33.2 Å². The molecule has 0 bridgehead atoms. The highest BCUT2D eigenvalue weighted by Gasteiger charge is 2.13. The Morgan fingerprint density at radius 3 is 2.37 bits per heavy atom. The van der Waals surface area contributed by atoms with Crippen LogP contribution < -0.4 is 0 Å². The topological polar surface area (TPSA) is 20.7 Å². The molecule has 19 heavy (non-hydrogen) atoms. The van der Waals surface area contributed by atoms with E-state index in [0.717, 1.165) is 0 Å². The molecule has 100 valence electrons. The van der Waals surface area contributed by atoms with Crippen LogP contribution in [0.25, 0.3) is 21.8 Å². The van der Waals surface area contributed by atoms with E-state index in [1.54, 1.807) is 0 Å². The monoisotopic (exact) mass is 254 g/mol. The van der Waals surface area contributed by atoms with E-state index in [9.17, 15) is 0 Å². The lowest BCUT2D eigenvalue weighted by Crippen LogP contribution is -1.97. The Morgan fingerprint density at radius 2 is 1.74 bits per heavy atom. The fraction of sp³-hybridized carbons (Fsp3) is 0.412. The maximum Gasteiger partial charge on any atom is 0.0575 e. The number of nitrogens with one attached hydrogen (secondary N) is 1. The summed E-state index contributed by atoms with van der Waals surface area (Å²) in [5.74, 6) is 1.09. The third-order valence-electron chi connectivity index (χ3n) is 4.07. The summed E-state index contributed by atoms with van der Waals surface area (Å²) in [6.07, 6.45) is 0. The van der Waals surface area contributed by atoms with E-state index in [0.29, 0.717) is 11.8 Å². The summed E-state index contributed by atoms with van der Waals surface area (Å²) in [6, 6.07) is 9.06. The molecule has 2 heterocycles. The van der Waals surface area contributed by atoms with Crippen molar-refractivity contribution < 1.29 is 0 Å². The van der Waals surface area contributed by atoms with Gasteiger partial charge in [-0.15, -0.1) is 0 Å². The van der Waals surface area contributed by atoms with E-state index in [-0.39, 0.29) is 0 Å². The highest BCUT2D eigenvalue weighted by molar-refractivity contribution is 6.05. The molecule has 0 aliphatic rings. The van der Waals surface area contributed by atoms with Crippen molar-refractivity contribution in [1.82, 2.24) is 9.55 Å². The third-order valence-corrected chi connectivity index (χ3v) is 4.07. The predicted octanol–water partition coefficient (Wildman–Crippen LogP) is 4.91. The van der Waals surface area contributed by atoms with Crippen molar-refractivity contribution in [2.45, 2.75) is 39.5 Å². The third kappa shape index (κ3) is 1.78. The van der Waals surface area contributed by atoms with Crippen LogP contribution in [0.5, 0.6) is 0 Å². The Labute approximate surface area is 114 Å². The normalized spacial score (nSPS) is 12.4. The van der Waals surface area contributed by atoms with Gasteiger partial charge in [0.25, 0.3) is 0 Å². The molecule has 0 unspecified atom stereocenters. The number of aryl methyl sites for hydroxylation is 1. The van der Waals surface area contributed by atoms with Gasteiger partial charge in [-0.2, -0.15) is 0 Å². The molecule has 0 fully saturated rings. The highest BCUT2D eigenvalue weighted by Crippen LogP contribution is 2.32. The van der Waals surface area contributed by atoms with Crippen LogP contribution in [-0.4, -0.2) is 9.55 Å². The molecule has 2 aromatic heterocycles. The fourth-order valence-electron chi connectivity index (χ4n) is 2.97. The number of fused-ring (bicyclic) bond motifs is 3. The van der Waals surface area contributed by atoms with Crippen LogP contribution in [0.15, 0.2) is 24.3 Å². The van der Waals surface area contributed by atoms with Crippen molar-refractivity contribution in [3.63, 3.8) is 0 Å². The Hall–Kier alpha value is -1.70. The van der Waals surface area contributed by atoms with E-state index in [4.69, 9.17) is 0 Å². The number of aromatic nitrogens is 2. The van der Waals surface area contributed by atoms with Gasteiger partial charge in [0.2, 0.25) is 0 Å². The van der Waals surface area contributed by atoms with E-state index < -0.39 is 0 Å². The summed E-state index contributed by atoms with van der Waals surface area (Å²) >= 11 is 0. The van der Waals surface area contributed by atoms with Crippen molar-refractivity contribution in [3.8, 4) is 0 Å². The summed E-state index contributed by atoms with van der Waals surface area (Å²) in [4.78, 5) is 3.54. The Bertz CT molecular complexity index is 741. The Kier molecular flexibility index (Phi) is 2.70. The van der Waals surface area contributed by atoms with Crippen molar-refractivity contribution in [2.75, 3.05) is 0 Å². The standard InChI is InChI=1S/C17H22N2/c1-10(2)15-9-13-14(18-15)7-6-12-8-16(11(3)4)19(5)17(12)13/h6-11,18H,1-5H3. The van der Waals surface area contributed by atoms with E-state index in [1.807, 2.05) is 0 Å². The van der Waals surface area contributed by atoms with Gasteiger partial charge < -0.3 is 9.55 Å². The van der Waals surface area contributed by atoms with E-state index >= 15 is 0 Å². The van der Waals surface area contributed by atoms with Crippen molar-refractivity contribution in [1.29, 1.82) is 0 Å². The second-order valence-corrected chi connectivity index (χ2v) is 6.13. The van der Waals surface area contributed by atoms with Crippen LogP contribution in [-0.2, 0) is 7.05 Å². The molecule has 1 N–H and O–H groups in total. The molecule has 0 spiro atoms. The van der Waals surface area contributed by atoms with Crippen LogP contribution in [0.4, 0.5) is 0 Å². The molecule has 3 rings (SSSR count). The number of nitrogens with zero attached hydrogens (tertiary/aromatic N) is 1. The Balaban J connectivity index is 2.38. The zero-order valence-electron chi connectivity index (χ0n) is 12.4. The summed E-state index contributed by atoms with van der Waals surface area (Å²) < 4.78 is 2.35. The van der Waals surface area contributed by atoms with Gasteiger partial charge in [-0.1, -0.05) is 33.8 Å². The maximum atomic E-state index is 3.54. The molecular weight excluding hydrogens is 232 g/mol. The summed E-state index contributed by atoms with van der Waals surface area (Å²) in [5.41, 5.74) is 5.31. The Morgan fingerprint density at radius 1 is 1.00 bits per heavy atom. The van der Waals surface area contributed by atoms with Crippen LogP contribution in [0.1, 0.15) is 50.9 Å². The van der Waals surface area contributed by atoms with Crippen molar-refractivity contribution in [2.24, 2.45) is 7.05 Å². The van der Waals surface area contributed by atoms with Gasteiger partial charge >= 0.3 is 0 Å². The summed E-state index contributed by atoms with van der Waals surface area (Å²) in [7, 11) is 2.18. The van der Waals surface area contributed by atoms with Crippen LogP contribution in [0.2, 0.25) is 0 Å². The molecule has 3 aromatic rings. The second kappa shape index (κ2) is 4.16. The van der Waals surface area contributed by atoms with Gasteiger partial charge in [-0.3, -0.25) is 0 Å². The first kappa shape index (κ1) is 12.3. The van der Waals surface area contributed by atoms with Gasteiger partial charge in [0.15, 0.2) is 0 Å². The number of hydrogen-bond donors (Lipinski definition) is 1. The number of aromatic amines is 1. The first-order valence-electron chi connectivity index (χ1n) is 7.10. The lowest BCUT2D eigenvalue weighted by atomic mass is 10.1. The molecule has 0 aliphatic heterocycles. The largest absolute Gasteiger partial charge is 0.358 e. The molecule has 0 aliphatic carbocycles. The minimum atomic E-state index is 0.535. The molecule has 2 nitrogen and oxygen atoms in total. The van der Waals surface area contributed by atoms with Gasteiger partial charge in [0.1, 0.15) is 0 Å². The summed E-state index contributed by atoms with van der Waals surface area (Å²) in [6.45, 7) is 8.96. The molecule has 0 amide bonds. The number of rotatable bonds is 2. The molecule has 2 heteroatoms. The predicted molar refractivity (Wildman–Crippen MR) is 83.0 cm³/mol. The number of hydrogen-bond acceptors (Lipinski definition) is 0. The van der Waals surface area contributed by atoms with Crippen molar-refractivity contribution >= 4 is 21.8 Å². The van der Waals surface area contributed by atoms with Gasteiger partial charge in [-0.25, -0.2) is 0 Å². The number of H-pyrrole nitrogens is 1. The molecule has 0 saturated heterocycles. The first-order valence-corrected chi connectivity index (χ1v) is 7.10. The minimum Gasteiger partial charge on any atom is -0.358 e. The number of benzene rings is 1. The molecule has 0 atom stereocenters. The van der Waals surface area contributed by atoms with Crippen LogP contribution >= 0.6 is 0 Å². The summed E-state index contributed by atoms with van der Waals surface area (Å²) in [5, 5.41) is 2.68. The molecule has 1 aromatic carbocycles. The lowest BCUT2D eigenvalue weighted by molar-refractivity contribution is 0.756. The fourth-order valence-corrected chi connectivity index (χ4v) is 2.97. The first-order chi connectivity index (χ1) is 8.99. The molecular formula is C17H22N2. The van der Waals surface area contributed by atoms with Crippen molar-refractivity contribution in [3.05, 3.63) is 35.7 Å². The zero-order valence-corrected chi connectivity index (χ0v) is 12.4. The van der Waals surface area contributed by atoms with Gasteiger partial charge in [-0.05, 0) is 30.0 Å². The average Bonchev–Trinajstić information content (AvgIpc) is 2.89. The van der Waals surface area contributed by atoms with Gasteiger partial charge in [0.05, 0.1) is 5.52 Å². The SMILES string of the molecule is CC(C)c1cc2c(ccc3cc(C(C)C)n(C)c32)[nH]1. The van der Waals surface area contributed by atoms with Gasteiger partial charge in [0, 0.05) is 34.7 Å². The second-order valence-electron chi connectivity index (χ2n) is 6.13. The maximum absolute atomic E-state index is 3.54. The van der Waals surface area contributed by atoms with Crippen LogP contribution in [0, 0.1) is 0 Å². The lowest BCUT2D eigenvalue weighted by Gasteiger charge is -2.07. The average molecular weight is 254 g/mol. The highest BCUT2D eigenvalue weighted by atomic mass is 15.0.